The van der Waals surface area contributed by atoms with E-state index in [9.17, 15) is 8.60 Å². The monoisotopic (exact) mass is 499 g/mol. The molecule has 2 atom stereocenters. The molecule has 3 N–H and O–H groups in total. The molecule has 0 radical (unpaired) electrons. The third-order valence-electron chi connectivity index (χ3n) is 5.55. The molecule has 8 nitrogen and oxygen atoms in total. The molecule has 2 aromatic heterocycles. The summed E-state index contributed by atoms with van der Waals surface area (Å²) in [6.45, 7) is 6.35. The van der Waals surface area contributed by atoms with Crippen LogP contribution in [0, 0.1) is 12.7 Å². The normalized spacial score (nSPS) is 12.7. The number of rotatable bonds is 8. The van der Waals surface area contributed by atoms with Crippen molar-refractivity contribution in [3.63, 3.8) is 0 Å². The largest absolute Gasteiger partial charge is 0.414 e. The van der Waals surface area contributed by atoms with Gasteiger partial charge < -0.3 is 15.2 Å². The van der Waals surface area contributed by atoms with Gasteiger partial charge in [0.2, 0.25) is 0 Å². The maximum atomic E-state index is 14.6. The molecule has 10 heteroatoms. The van der Waals surface area contributed by atoms with Crippen LogP contribution in [0.5, 0.6) is 0 Å². The van der Waals surface area contributed by atoms with Crippen molar-refractivity contribution in [1.29, 1.82) is 0 Å². The van der Waals surface area contributed by atoms with E-state index in [1.807, 2.05) is 44.2 Å². The molecule has 4 rings (SSSR count). The van der Waals surface area contributed by atoms with Crippen molar-refractivity contribution in [2.75, 3.05) is 7.05 Å². The Hall–Kier alpha value is -3.34. The van der Waals surface area contributed by atoms with E-state index in [2.05, 4.69) is 25.5 Å². The van der Waals surface area contributed by atoms with E-state index < -0.39 is 16.6 Å². The minimum Gasteiger partial charge on any atom is -0.414 e. The van der Waals surface area contributed by atoms with E-state index in [0.29, 0.717) is 23.6 Å². The Bertz CT molecular complexity index is 1330. The molecule has 0 amide bonds. The highest BCUT2D eigenvalue weighted by atomic mass is 32.2. The second-order valence-electron chi connectivity index (χ2n) is 7.99. The van der Waals surface area contributed by atoms with Crippen LogP contribution in [0.1, 0.15) is 33.0 Å². The van der Waals surface area contributed by atoms with Gasteiger partial charge in [-0.25, -0.2) is 9.37 Å². The molecule has 0 bridgehead atoms. The summed E-state index contributed by atoms with van der Waals surface area (Å²) in [4.78, 5) is 9.88. The van der Waals surface area contributed by atoms with E-state index in [-0.39, 0.29) is 29.5 Å². The average molecular weight is 500 g/mol. The number of hydrogen-bond acceptors (Lipinski definition) is 7. The zero-order chi connectivity index (χ0) is 24.2. The second kappa shape index (κ2) is 11.4. The zero-order valence-electron chi connectivity index (χ0n) is 20.0. The number of nitrogens with one attached hydrogen (secondary N) is 1. The van der Waals surface area contributed by atoms with Gasteiger partial charge in [-0.15, -0.1) is 10.2 Å². The first kappa shape index (κ1) is 26.3. The molecule has 35 heavy (non-hydrogen) atoms. The van der Waals surface area contributed by atoms with Crippen LogP contribution in [0.2, 0.25) is 0 Å². The Morgan fingerprint density at radius 1 is 1.14 bits per heavy atom. The van der Waals surface area contributed by atoms with Crippen LogP contribution in [-0.4, -0.2) is 42.1 Å². The van der Waals surface area contributed by atoms with Crippen LogP contribution in [0.25, 0.3) is 34.3 Å². The number of halogens is 1. The third kappa shape index (κ3) is 5.67. The van der Waals surface area contributed by atoms with Crippen LogP contribution in [0.15, 0.2) is 58.0 Å². The van der Waals surface area contributed by atoms with E-state index >= 15 is 0 Å². The van der Waals surface area contributed by atoms with E-state index in [0.717, 1.165) is 22.4 Å². The Labute approximate surface area is 207 Å². The van der Waals surface area contributed by atoms with Crippen molar-refractivity contribution < 1.29 is 19.9 Å². The van der Waals surface area contributed by atoms with E-state index in [1.54, 1.807) is 26.2 Å². The highest BCUT2D eigenvalue weighted by molar-refractivity contribution is 7.85. The van der Waals surface area contributed by atoms with Gasteiger partial charge >= 0.3 is 0 Å². The summed E-state index contributed by atoms with van der Waals surface area (Å²) < 4.78 is 32.9. The summed E-state index contributed by atoms with van der Waals surface area (Å²) in [5.41, 5.74) is 3.52. The minimum atomic E-state index is -1.05. The Kier molecular flexibility index (Phi) is 8.55. The highest BCUT2D eigenvalue weighted by Gasteiger charge is 2.19. The summed E-state index contributed by atoms with van der Waals surface area (Å²) in [6.07, 6.45) is 2.51. The third-order valence-corrected chi connectivity index (χ3v) is 7.35. The van der Waals surface area contributed by atoms with Crippen molar-refractivity contribution in [3.05, 3.63) is 65.7 Å². The first-order valence-electron chi connectivity index (χ1n) is 11.0. The minimum absolute atomic E-state index is 0. The van der Waals surface area contributed by atoms with E-state index in [4.69, 9.17) is 4.42 Å². The predicted molar refractivity (Wildman–Crippen MR) is 136 cm³/mol. The van der Waals surface area contributed by atoms with Crippen molar-refractivity contribution in [2.45, 2.75) is 43.9 Å². The molecule has 0 saturated heterocycles. The molecular weight excluding hydrogens is 469 g/mol. The fourth-order valence-corrected chi connectivity index (χ4v) is 4.58. The first-order valence-corrected chi connectivity index (χ1v) is 12.2. The maximum Gasteiger partial charge on any atom is 0.268 e. The lowest BCUT2D eigenvalue weighted by molar-refractivity contribution is 0.567. The smallest absolute Gasteiger partial charge is 0.268 e. The van der Waals surface area contributed by atoms with Crippen molar-refractivity contribution in [1.82, 2.24) is 25.5 Å². The molecular formula is C25H30FN5O3S. The molecule has 0 aliphatic carbocycles. The van der Waals surface area contributed by atoms with Crippen LogP contribution < -0.4 is 5.32 Å². The van der Waals surface area contributed by atoms with Crippen LogP contribution in [0.4, 0.5) is 4.39 Å². The van der Waals surface area contributed by atoms with Gasteiger partial charge in [0.25, 0.3) is 11.8 Å². The van der Waals surface area contributed by atoms with Gasteiger partial charge in [-0.2, -0.15) is 0 Å². The fraction of sp³-hybridized carbons (Fsp3) is 0.280. The summed E-state index contributed by atoms with van der Waals surface area (Å²) >= 11 is 0. The topological polar surface area (TPSA) is 125 Å². The fourth-order valence-electron chi connectivity index (χ4n) is 3.41. The average Bonchev–Trinajstić information content (AvgIpc) is 3.33. The maximum absolute atomic E-state index is 14.6. The first-order chi connectivity index (χ1) is 16.4. The van der Waals surface area contributed by atoms with Crippen LogP contribution >= 0.6 is 0 Å². The standard InChI is InChI=1S/C25H26FN5O2S.H2O.H2/c1-5-15(2)34(32)19-9-7-18(8-10-19)22-14-28-16(3)23(29-22)25-31-30-24(33-25)20-11-6-17(13-27-4)12-21(20)26;;/h6-12,14-15,27H,5,13H2,1-4H3;1H2;1H. The molecule has 2 aromatic carbocycles. The lowest BCUT2D eigenvalue weighted by Gasteiger charge is -2.09. The Morgan fingerprint density at radius 2 is 1.86 bits per heavy atom. The molecule has 0 saturated carbocycles. The molecule has 2 unspecified atom stereocenters. The number of aryl methyl sites for hydroxylation is 1. The van der Waals surface area contributed by atoms with Crippen molar-refractivity contribution in [3.8, 4) is 34.3 Å². The summed E-state index contributed by atoms with van der Waals surface area (Å²) in [6, 6.07) is 12.3. The molecule has 0 aliphatic rings. The number of nitrogens with zero attached hydrogens (tertiary/aromatic N) is 4. The van der Waals surface area contributed by atoms with Crippen molar-refractivity contribution >= 4 is 10.8 Å². The van der Waals surface area contributed by atoms with Crippen LogP contribution in [-0.2, 0) is 17.3 Å². The Morgan fingerprint density at radius 3 is 2.51 bits per heavy atom. The quantitative estimate of drug-likeness (QED) is 0.382. The van der Waals surface area contributed by atoms with Gasteiger partial charge in [0.05, 0.1) is 33.9 Å². The Balaban J connectivity index is 0.00000228. The number of benzene rings is 2. The summed E-state index contributed by atoms with van der Waals surface area (Å²) in [7, 11) is 0.747. The number of hydrogen-bond donors (Lipinski definition) is 1. The molecule has 0 aliphatic heterocycles. The molecule has 186 valence electrons. The number of aromatic nitrogens is 4. The summed E-state index contributed by atoms with van der Waals surface area (Å²) in [5.74, 6) is -0.198. The van der Waals surface area contributed by atoms with Gasteiger partial charge in [0, 0.05) is 23.7 Å². The lowest BCUT2D eigenvalue weighted by Crippen LogP contribution is -2.09. The molecule has 0 spiro atoms. The zero-order valence-corrected chi connectivity index (χ0v) is 20.8. The van der Waals surface area contributed by atoms with Gasteiger partial charge in [-0.1, -0.05) is 32.0 Å². The molecule has 2 heterocycles. The van der Waals surface area contributed by atoms with Gasteiger partial charge in [0.1, 0.15) is 11.5 Å². The SMILES string of the molecule is CCC(C)S(=O)c1ccc(-c2cnc(C)c(-c3nnc(-c4ccc(CNC)cc4F)o3)n2)cc1.O.[HH]. The second-order valence-corrected chi connectivity index (χ2v) is 9.86. The van der Waals surface area contributed by atoms with Crippen LogP contribution in [0.3, 0.4) is 0 Å². The van der Waals surface area contributed by atoms with Gasteiger partial charge in [-0.3, -0.25) is 9.19 Å². The van der Waals surface area contributed by atoms with Crippen molar-refractivity contribution in [2.24, 2.45) is 0 Å². The highest BCUT2D eigenvalue weighted by Crippen LogP contribution is 2.28. The predicted octanol–water partition coefficient (Wildman–Crippen LogP) is 4.35. The molecule has 4 aromatic rings. The van der Waals surface area contributed by atoms with Gasteiger partial charge in [0.15, 0.2) is 0 Å². The van der Waals surface area contributed by atoms with E-state index in [1.165, 1.54) is 6.07 Å². The molecule has 0 fully saturated rings. The van der Waals surface area contributed by atoms with Gasteiger partial charge in [-0.05, 0) is 50.2 Å². The summed E-state index contributed by atoms with van der Waals surface area (Å²) in [5, 5.41) is 11.2. The lowest BCUT2D eigenvalue weighted by atomic mass is 10.1.